The number of quaternary nitrogens is 1. The molecule has 0 atom stereocenters. The summed E-state index contributed by atoms with van der Waals surface area (Å²) >= 11 is 0. The van der Waals surface area contributed by atoms with Gasteiger partial charge in [-0.15, -0.1) is 0 Å². The summed E-state index contributed by atoms with van der Waals surface area (Å²) in [4.78, 5) is 11.0. The first-order valence-corrected chi connectivity index (χ1v) is 5.63. The van der Waals surface area contributed by atoms with Crippen molar-refractivity contribution in [2.45, 2.75) is 20.3 Å². The van der Waals surface area contributed by atoms with Crippen LogP contribution in [0.3, 0.4) is 0 Å². The van der Waals surface area contributed by atoms with Crippen molar-refractivity contribution in [1.29, 1.82) is 0 Å². The van der Waals surface area contributed by atoms with Crippen molar-refractivity contribution in [2.75, 3.05) is 39.8 Å². The van der Waals surface area contributed by atoms with Gasteiger partial charge in [-0.1, -0.05) is 0 Å². The Morgan fingerprint density at radius 2 is 1.93 bits per heavy atom. The number of carboxylic acid groups (broad SMARTS) is 1. The highest BCUT2D eigenvalue weighted by Gasteiger charge is 2.32. The molecule has 1 heterocycles. The van der Waals surface area contributed by atoms with Gasteiger partial charge in [-0.3, -0.25) is 4.79 Å². The van der Waals surface area contributed by atoms with E-state index in [-0.39, 0.29) is 0 Å². The number of likely N-dealkylation sites (N-methyl/N-ethyl adjacent to an activating group) is 1. The van der Waals surface area contributed by atoms with Gasteiger partial charge in [-0.05, 0) is 13.8 Å². The quantitative estimate of drug-likeness (QED) is 0.673. The minimum atomic E-state index is -0.691. The molecule has 1 aliphatic heterocycles. The molecule has 0 aromatic heterocycles. The number of carboxylic acids is 1. The number of piperazine rings is 1. The summed E-state index contributed by atoms with van der Waals surface area (Å²) in [5, 5.41) is 12.4. The molecule has 0 radical (unpaired) electrons. The third-order valence-corrected chi connectivity index (χ3v) is 3.51. The number of hydrogen-bond donors (Lipinski definition) is 2. The van der Waals surface area contributed by atoms with Crippen LogP contribution in [0.5, 0.6) is 0 Å². The normalized spacial score (nSPS) is 21.3. The first kappa shape index (κ1) is 12.5. The number of carbonyl (C=O) groups is 1. The Kier molecular flexibility index (Phi) is 3.73. The minimum Gasteiger partial charge on any atom is -0.481 e. The molecule has 0 unspecified atom stereocenters. The third kappa shape index (κ3) is 3.47. The number of nitrogens with zero attached hydrogens (tertiary/aromatic N) is 1. The molecule has 2 N–H and O–H groups in total. The molecular formula is C11H23N2O2+. The zero-order valence-corrected chi connectivity index (χ0v) is 10.0. The molecule has 0 spiro atoms. The van der Waals surface area contributed by atoms with Crippen LogP contribution in [0, 0.1) is 5.41 Å². The third-order valence-electron chi connectivity index (χ3n) is 3.51. The first-order chi connectivity index (χ1) is 6.86. The fourth-order valence-corrected chi connectivity index (χ4v) is 1.81. The molecule has 1 fully saturated rings. The second-order valence-corrected chi connectivity index (χ2v) is 5.48. The highest BCUT2D eigenvalue weighted by Crippen LogP contribution is 2.22. The topological polar surface area (TPSA) is 49.3 Å². The predicted octanol–water partition coefficient (Wildman–Crippen LogP) is 0.537. The van der Waals surface area contributed by atoms with Crippen LogP contribution >= 0.6 is 0 Å². The maximum Gasteiger partial charge on any atom is 0.309 e. The van der Waals surface area contributed by atoms with Crippen LogP contribution in [-0.2, 0) is 4.79 Å². The summed E-state index contributed by atoms with van der Waals surface area (Å²) in [5.74, 6) is -0.691. The molecule has 0 aromatic carbocycles. The van der Waals surface area contributed by atoms with E-state index in [4.69, 9.17) is 5.11 Å². The van der Waals surface area contributed by atoms with Gasteiger partial charge < -0.3 is 14.9 Å². The van der Waals surface area contributed by atoms with Crippen LogP contribution in [-0.4, -0.2) is 55.3 Å². The lowest BCUT2D eigenvalue weighted by Gasteiger charge is -2.39. The van der Waals surface area contributed by atoms with Crippen LogP contribution in [0.1, 0.15) is 20.3 Å². The Labute approximate surface area is 91.9 Å². The maximum atomic E-state index is 11.0. The molecule has 4 heteroatoms. The van der Waals surface area contributed by atoms with Gasteiger partial charge in [0.1, 0.15) is 0 Å². The fraction of sp³-hybridized carbons (Fsp3) is 0.909. The lowest BCUT2D eigenvalue weighted by Crippen LogP contribution is -2.57. The molecule has 88 valence electrons. The number of nitrogens with one attached hydrogen (secondary N) is 1. The second-order valence-electron chi connectivity index (χ2n) is 5.48. The number of hydrogen-bond acceptors (Lipinski definition) is 2. The van der Waals surface area contributed by atoms with Crippen LogP contribution < -0.4 is 5.32 Å². The van der Waals surface area contributed by atoms with Crippen molar-refractivity contribution in [1.82, 2.24) is 5.32 Å². The van der Waals surface area contributed by atoms with Crippen LogP contribution in [0.4, 0.5) is 0 Å². The SMILES string of the molecule is CC(C)(CC[N+]1(C)CCNCC1)C(=O)O. The van der Waals surface area contributed by atoms with Crippen LogP contribution in [0.2, 0.25) is 0 Å². The Hall–Kier alpha value is -0.610. The largest absolute Gasteiger partial charge is 0.481 e. The lowest BCUT2D eigenvalue weighted by molar-refractivity contribution is -0.911. The smallest absolute Gasteiger partial charge is 0.309 e. The van der Waals surface area contributed by atoms with Gasteiger partial charge >= 0.3 is 5.97 Å². The standard InChI is InChI=1S/C11H22N2O2/c1-11(2,10(14)15)4-7-13(3)8-5-12-6-9-13/h12H,4-9H2,1-3H3/p+1. The molecule has 4 nitrogen and oxygen atoms in total. The van der Waals surface area contributed by atoms with E-state index in [0.29, 0.717) is 0 Å². The van der Waals surface area contributed by atoms with Crippen molar-refractivity contribution < 1.29 is 14.4 Å². The molecule has 0 aromatic rings. The van der Waals surface area contributed by atoms with E-state index < -0.39 is 11.4 Å². The van der Waals surface area contributed by atoms with E-state index in [1.165, 1.54) is 0 Å². The average Bonchev–Trinajstić information content (AvgIpc) is 2.16. The minimum absolute atomic E-state index is 0.591. The van der Waals surface area contributed by atoms with E-state index in [1.807, 2.05) is 13.8 Å². The molecule has 0 saturated carbocycles. The van der Waals surface area contributed by atoms with Crippen molar-refractivity contribution >= 4 is 5.97 Å². The van der Waals surface area contributed by atoms with E-state index in [2.05, 4.69) is 12.4 Å². The number of rotatable bonds is 4. The predicted molar refractivity (Wildman–Crippen MR) is 59.7 cm³/mol. The molecule has 0 amide bonds. The summed E-state index contributed by atoms with van der Waals surface area (Å²) in [6.07, 6.45) is 0.749. The molecule has 15 heavy (non-hydrogen) atoms. The summed E-state index contributed by atoms with van der Waals surface area (Å²) in [6, 6.07) is 0. The monoisotopic (exact) mass is 215 g/mol. The van der Waals surface area contributed by atoms with Gasteiger partial charge in [0.25, 0.3) is 0 Å². The molecule has 0 bridgehead atoms. The van der Waals surface area contributed by atoms with E-state index in [0.717, 1.165) is 43.6 Å². The summed E-state index contributed by atoms with van der Waals surface area (Å²) in [7, 11) is 2.22. The van der Waals surface area contributed by atoms with Crippen molar-refractivity contribution in [3.63, 3.8) is 0 Å². The van der Waals surface area contributed by atoms with Crippen molar-refractivity contribution in [3.8, 4) is 0 Å². The summed E-state index contributed by atoms with van der Waals surface area (Å²) < 4.78 is 1.00. The Morgan fingerprint density at radius 1 is 1.40 bits per heavy atom. The molecule has 1 saturated heterocycles. The van der Waals surface area contributed by atoms with E-state index >= 15 is 0 Å². The maximum absolute atomic E-state index is 11.0. The Morgan fingerprint density at radius 3 is 2.40 bits per heavy atom. The molecule has 1 aliphatic rings. The van der Waals surface area contributed by atoms with E-state index in [9.17, 15) is 4.79 Å². The van der Waals surface area contributed by atoms with E-state index in [1.54, 1.807) is 0 Å². The van der Waals surface area contributed by atoms with Gasteiger partial charge in [-0.25, -0.2) is 0 Å². The van der Waals surface area contributed by atoms with Crippen LogP contribution in [0.25, 0.3) is 0 Å². The summed E-state index contributed by atoms with van der Waals surface area (Å²) in [5.41, 5.74) is -0.591. The molecule has 1 rings (SSSR count). The highest BCUT2D eigenvalue weighted by atomic mass is 16.4. The Bertz CT molecular complexity index is 233. The molecule has 0 aliphatic carbocycles. The molecular weight excluding hydrogens is 192 g/mol. The van der Waals surface area contributed by atoms with Crippen LogP contribution in [0.15, 0.2) is 0 Å². The fourth-order valence-electron chi connectivity index (χ4n) is 1.81. The first-order valence-electron chi connectivity index (χ1n) is 5.63. The zero-order valence-electron chi connectivity index (χ0n) is 10.0. The second kappa shape index (κ2) is 4.49. The lowest BCUT2D eigenvalue weighted by atomic mass is 9.89. The highest BCUT2D eigenvalue weighted by molar-refractivity contribution is 5.73. The Balaban J connectivity index is 2.44. The zero-order chi connectivity index (χ0) is 11.5. The average molecular weight is 215 g/mol. The summed E-state index contributed by atoms with van der Waals surface area (Å²) in [6.45, 7) is 8.88. The van der Waals surface area contributed by atoms with Gasteiger partial charge in [0.05, 0.1) is 32.1 Å². The number of aliphatic carboxylic acids is 1. The van der Waals surface area contributed by atoms with Gasteiger partial charge in [0.2, 0.25) is 0 Å². The van der Waals surface area contributed by atoms with Crippen molar-refractivity contribution in [3.05, 3.63) is 0 Å². The van der Waals surface area contributed by atoms with Gasteiger partial charge in [0, 0.05) is 19.5 Å². The van der Waals surface area contributed by atoms with Gasteiger partial charge in [0.15, 0.2) is 0 Å². The van der Waals surface area contributed by atoms with Crippen molar-refractivity contribution in [2.24, 2.45) is 5.41 Å². The van der Waals surface area contributed by atoms with Gasteiger partial charge in [-0.2, -0.15) is 0 Å².